The van der Waals surface area contributed by atoms with Gasteiger partial charge in [-0.15, -0.1) is 9.05 Å². The highest BCUT2D eigenvalue weighted by atomic mass is 31.1. The number of halogens is 1. The summed E-state index contributed by atoms with van der Waals surface area (Å²) in [6, 6.07) is 0. The number of alkyl halides is 1. The van der Waals surface area contributed by atoms with E-state index in [2.05, 4.69) is 29.9 Å². The Bertz CT molecular complexity index is 1700. The van der Waals surface area contributed by atoms with Crippen LogP contribution in [-0.4, -0.2) is 108 Å². The van der Waals surface area contributed by atoms with Gasteiger partial charge in [0.25, 0.3) is 5.56 Å². The van der Waals surface area contributed by atoms with Crippen molar-refractivity contribution in [1.29, 1.82) is 0 Å². The summed E-state index contributed by atoms with van der Waals surface area (Å²) in [6.45, 7) is -0.517. The van der Waals surface area contributed by atoms with Crippen molar-refractivity contribution in [2.45, 2.75) is 49.1 Å². The van der Waals surface area contributed by atoms with Crippen LogP contribution in [0.1, 0.15) is 12.5 Å². The molecule has 0 radical (unpaired) electrons. The van der Waals surface area contributed by atoms with Gasteiger partial charge in [-0.1, -0.05) is 0 Å². The van der Waals surface area contributed by atoms with E-state index in [1.165, 1.54) is 42.3 Å². The SMILES string of the molecule is COCC1OC(n2cnc3c(N)ncnc32)C(F)C1O[P+](=O)OCC1OC(n2cnc3c(=O)[nH]c(N)nc32)C(OC)C1O. The zero-order valence-electron chi connectivity index (χ0n) is 22.6. The molecule has 0 aliphatic carbocycles. The van der Waals surface area contributed by atoms with Gasteiger partial charge in [-0.2, -0.15) is 4.98 Å². The molecule has 0 saturated carbocycles. The molecular formula is C22H27FN10O9P+. The van der Waals surface area contributed by atoms with Crippen molar-refractivity contribution in [3.8, 4) is 0 Å². The highest BCUT2D eigenvalue weighted by Gasteiger charge is 2.53. The monoisotopic (exact) mass is 625 g/mol. The van der Waals surface area contributed by atoms with E-state index in [0.717, 1.165) is 0 Å². The van der Waals surface area contributed by atoms with Crippen molar-refractivity contribution in [2.24, 2.45) is 0 Å². The molecule has 19 nitrogen and oxygen atoms in total. The largest absolute Gasteiger partial charge is 0.697 e. The maximum atomic E-state index is 15.7. The van der Waals surface area contributed by atoms with E-state index in [9.17, 15) is 14.5 Å². The number of imidazole rings is 2. The normalized spacial score (nSPS) is 29.6. The van der Waals surface area contributed by atoms with Gasteiger partial charge in [-0.25, -0.2) is 24.3 Å². The summed E-state index contributed by atoms with van der Waals surface area (Å²) in [5, 5.41) is 10.9. The first kappa shape index (κ1) is 29.3. The molecule has 6 rings (SSSR count). The number of methoxy groups -OCH3 is 2. The number of nitrogens with zero attached hydrogens (tertiary/aromatic N) is 7. The standard InChI is InChI=1S/C22H26FN10O9P/c1-37-3-9-14(10(23)20(41-9)32-6-28-11-16(24)26-5-27-17(11)32)42-43(36)39-4-8-13(34)15(38-2)21(40-8)33-7-29-12-18(33)30-22(25)31-19(12)35/h5-10,13-15,20-21,34H,3-4H2,1-2H3,(H4-,24,25,26,27,30,31,35)/p+1. The van der Waals surface area contributed by atoms with Crippen LogP contribution in [0.5, 0.6) is 0 Å². The lowest BCUT2D eigenvalue weighted by Gasteiger charge is -2.19. The number of nitrogen functional groups attached to an aromatic ring is 2. The summed E-state index contributed by atoms with van der Waals surface area (Å²) in [5.41, 5.74) is 11.5. The van der Waals surface area contributed by atoms with Crippen molar-refractivity contribution < 1.29 is 42.1 Å². The van der Waals surface area contributed by atoms with Gasteiger partial charge in [-0.05, 0) is 0 Å². The molecule has 4 aromatic rings. The van der Waals surface area contributed by atoms with Gasteiger partial charge in [0.1, 0.15) is 42.9 Å². The third kappa shape index (κ3) is 5.21. The molecule has 230 valence electrons. The van der Waals surface area contributed by atoms with E-state index in [4.69, 9.17) is 39.5 Å². The number of nitrogens with one attached hydrogen (secondary N) is 1. The third-order valence-electron chi connectivity index (χ3n) is 7.12. The van der Waals surface area contributed by atoms with Crippen molar-refractivity contribution in [3.05, 3.63) is 29.3 Å². The summed E-state index contributed by atoms with van der Waals surface area (Å²) >= 11 is 0. The minimum Gasteiger partial charge on any atom is -0.387 e. The summed E-state index contributed by atoms with van der Waals surface area (Å²) in [7, 11) is -0.202. The van der Waals surface area contributed by atoms with Gasteiger partial charge in [0.2, 0.25) is 5.95 Å². The Balaban J connectivity index is 1.14. The van der Waals surface area contributed by atoms with Crippen LogP contribution < -0.4 is 17.0 Å². The molecule has 0 aromatic carbocycles. The van der Waals surface area contributed by atoms with Gasteiger partial charge in [0, 0.05) is 18.8 Å². The Labute approximate surface area is 241 Å². The lowest BCUT2D eigenvalue weighted by molar-refractivity contribution is -0.0595. The van der Waals surface area contributed by atoms with Gasteiger partial charge in [-0.3, -0.25) is 18.9 Å². The van der Waals surface area contributed by atoms with Crippen molar-refractivity contribution in [2.75, 3.05) is 38.9 Å². The van der Waals surface area contributed by atoms with Crippen LogP contribution in [0, 0.1) is 0 Å². The van der Waals surface area contributed by atoms with E-state index in [1.54, 1.807) is 0 Å². The molecule has 2 aliphatic heterocycles. The van der Waals surface area contributed by atoms with Crippen molar-refractivity contribution in [1.82, 2.24) is 39.0 Å². The maximum absolute atomic E-state index is 15.7. The Morgan fingerprint density at radius 3 is 2.49 bits per heavy atom. The Hall–Kier alpha value is -3.75. The van der Waals surface area contributed by atoms with Gasteiger partial charge < -0.3 is 35.5 Å². The molecule has 2 aliphatic rings. The molecule has 21 heteroatoms. The van der Waals surface area contributed by atoms with Crippen molar-refractivity contribution >= 4 is 42.3 Å². The van der Waals surface area contributed by atoms with E-state index in [-0.39, 0.29) is 40.7 Å². The molecule has 4 aromatic heterocycles. The molecule has 0 amide bonds. The van der Waals surface area contributed by atoms with Crippen molar-refractivity contribution in [3.63, 3.8) is 0 Å². The number of hydrogen-bond donors (Lipinski definition) is 4. The van der Waals surface area contributed by atoms with Crippen LogP contribution in [-0.2, 0) is 32.6 Å². The number of anilines is 2. The number of fused-ring (bicyclic) bond motifs is 2. The quantitative estimate of drug-likeness (QED) is 0.160. The molecule has 2 saturated heterocycles. The number of aliphatic hydroxyl groups excluding tert-OH is 1. The van der Waals surface area contributed by atoms with Gasteiger partial charge >= 0.3 is 8.25 Å². The second kappa shape index (κ2) is 11.7. The smallest absolute Gasteiger partial charge is 0.387 e. The zero-order chi connectivity index (χ0) is 30.4. The Morgan fingerprint density at radius 2 is 1.74 bits per heavy atom. The van der Waals surface area contributed by atoms with Crippen LogP contribution in [0.3, 0.4) is 0 Å². The number of nitrogens with two attached hydrogens (primary N) is 2. The topological polar surface area (TPSA) is 252 Å². The molecule has 9 unspecified atom stereocenters. The van der Waals surface area contributed by atoms with Crippen LogP contribution in [0.25, 0.3) is 22.3 Å². The van der Waals surface area contributed by atoms with Crippen LogP contribution >= 0.6 is 8.25 Å². The lowest BCUT2D eigenvalue weighted by atomic mass is 10.1. The number of rotatable bonds is 10. The first-order chi connectivity index (χ1) is 20.7. The third-order valence-corrected chi connectivity index (χ3v) is 7.90. The van der Waals surface area contributed by atoms with E-state index >= 15 is 4.39 Å². The summed E-state index contributed by atoms with van der Waals surface area (Å²) in [5.74, 6) is -0.0325. The van der Waals surface area contributed by atoms with E-state index in [0.29, 0.717) is 0 Å². The Morgan fingerprint density at radius 1 is 1.02 bits per heavy atom. The lowest BCUT2D eigenvalue weighted by Crippen LogP contribution is -2.35. The maximum Gasteiger partial charge on any atom is 0.697 e. The molecule has 6 N–H and O–H groups in total. The average molecular weight is 625 g/mol. The fourth-order valence-corrected chi connectivity index (χ4v) is 5.91. The summed E-state index contributed by atoms with van der Waals surface area (Å²) in [6.07, 6.45) is -5.93. The second-order valence-electron chi connectivity index (χ2n) is 9.67. The number of hydrogen-bond acceptors (Lipinski definition) is 16. The minimum atomic E-state index is -2.94. The molecule has 9 atom stereocenters. The summed E-state index contributed by atoms with van der Waals surface area (Å²) < 4.78 is 64.4. The molecular weight excluding hydrogens is 598 g/mol. The van der Waals surface area contributed by atoms with Crippen LogP contribution in [0.15, 0.2) is 23.8 Å². The fraction of sp³-hybridized carbons (Fsp3) is 0.545. The summed E-state index contributed by atoms with van der Waals surface area (Å²) in [4.78, 5) is 34.8. The predicted molar refractivity (Wildman–Crippen MR) is 142 cm³/mol. The van der Waals surface area contributed by atoms with Crippen LogP contribution in [0.4, 0.5) is 16.2 Å². The number of aromatic nitrogens is 8. The highest BCUT2D eigenvalue weighted by Crippen LogP contribution is 2.41. The second-order valence-corrected chi connectivity index (χ2v) is 10.6. The molecule has 0 spiro atoms. The first-order valence-electron chi connectivity index (χ1n) is 12.8. The average Bonchev–Trinajstić information content (AvgIpc) is 3.73. The highest BCUT2D eigenvalue weighted by molar-refractivity contribution is 7.33. The van der Waals surface area contributed by atoms with Gasteiger partial charge in [0.05, 0.1) is 19.3 Å². The number of aliphatic hydroxyl groups is 1. The van der Waals surface area contributed by atoms with Gasteiger partial charge in [0.15, 0.2) is 47.4 Å². The van der Waals surface area contributed by atoms with Crippen LogP contribution in [0.2, 0.25) is 0 Å². The Kier molecular flexibility index (Phi) is 8.00. The number of aromatic amines is 1. The molecule has 43 heavy (non-hydrogen) atoms. The molecule has 0 bridgehead atoms. The number of H-pyrrole nitrogens is 1. The molecule has 6 heterocycles. The fourth-order valence-electron chi connectivity index (χ4n) is 5.13. The first-order valence-corrected chi connectivity index (χ1v) is 13.9. The predicted octanol–water partition coefficient (Wildman–Crippen LogP) is -0.662. The van der Waals surface area contributed by atoms with E-state index < -0.39 is 69.6 Å². The molecule has 2 fully saturated rings. The number of ether oxygens (including phenoxy) is 4. The minimum absolute atomic E-state index is 0.00130. The van der Waals surface area contributed by atoms with E-state index in [1.807, 2.05) is 0 Å². The zero-order valence-corrected chi connectivity index (χ0v) is 23.5.